The smallest absolute Gasteiger partial charge is 0.128 e. The van der Waals surface area contributed by atoms with E-state index in [0.29, 0.717) is 6.54 Å². The molecule has 4 aromatic rings. The number of ether oxygens (including phenoxy) is 1. The Hall–Kier alpha value is -3.11. The molecule has 27 heavy (non-hydrogen) atoms. The van der Waals surface area contributed by atoms with Crippen molar-refractivity contribution in [3.63, 3.8) is 0 Å². The Morgan fingerprint density at radius 1 is 0.889 bits per heavy atom. The Balaban J connectivity index is 1.75. The maximum Gasteiger partial charge on any atom is 0.128 e. The van der Waals surface area contributed by atoms with E-state index >= 15 is 0 Å². The fourth-order valence-electron chi connectivity index (χ4n) is 3.35. The molecule has 2 heterocycles. The zero-order valence-corrected chi connectivity index (χ0v) is 15.2. The number of para-hydroxylation sites is 1. The number of rotatable bonds is 7. The minimum Gasteiger partial charge on any atom is -0.457 e. The Kier molecular flexibility index (Phi) is 5.17. The van der Waals surface area contributed by atoms with Gasteiger partial charge in [-0.15, -0.1) is 0 Å². The Morgan fingerprint density at radius 3 is 2.52 bits per heavy atom. The monoisotopic (exact) mass is 357 g/mol. The molecular formula is C23H23N3O. The summed E-state index contributed by atoms with van der Waals surface area (Å²) in [6.07, 6.45) is 4.84. The summed E-state index contributed by atoms with van der Waals surface area (Å²) in [7, 11) is 0. The lowest BCUT2D eigenvalue weighted by molar-refractivity contribution is 0.483. The first-order chi connectivity index (χ1) is 13.3. The summed E-state index contributed by atoms with van der Waals surface area (Å²) in [4.78, 5) is 8.09. The van der Waals surface area contributed by atoms with E-state index in [4.69, 9.17) is 10.5 Å². The van der Waals surface area contributed by atoms with Crippen LogP contribution >= 0.6 is 0 Å². The number of nitrogens with one attached hydrogen (secondary N) is 1. The fourth-order valence-corrected chi connectivity index (χ4v) is 3.35. The lowest BCUT2D eigenvalue weighted by Crippen LogP contribution is -1.99. The number of H-pyrrole nitrogens is 1. The highest BCUT2D eigenvalue weighted by Gasteiger charge is 2.14. The van der Waals surface area contributed by atoms with E-state index in [2.05, 4.69) is 22.1 Å². The van der Waals surface area contributed by atoms with Crippen LogP contribution in [0.2, 0.25) is 0 Å². The molecule has 0 spiro atoms. The molecular weight excluding hydrogens is 334 g/mol. The molecule has 2 aromatic carbocycles. The number of aromatic amines is 1. The van der Waals surface area contributed by atoms with Gasteiger partial charge in [-0.3, -0.25) is 4.98 Å². The largest absolute Gasteiger partial charge is 0.457 e. The molecule has 0 aliphatic rings. The summed E-state index contributed by atoms with van der Waals surface area (Å²) in [5.74, 6) is 1.67. The van der Waals surface area contributed by atoms with E-state index < -0.39 is 0 Å². The number of aryl methyl sites for hydroxylation is 1. The van der Waals surface area contributed by atoms with E-state index in [1.54, 1.807) is 0 Å². The van der Waals surface area contributed by atoms with E-state index in [9.17, 15) is 0 Å². The molecule has 0 unspecified atom stereocenters. The highest BCUT2D eigenvalue weighted by atomic mass is 16.5. The maximum absolute atomic E-state index is 6.03. The van der Waals surface area contributed by atoms with Crippen LogP contribution in [0.3, 0.4) is 0 Å². The standard InChI is InChI=1S/C23H23N3O/c24-14-6-4-10-19-20-16-18(27-17-8-2-1-3-9-17)12-13-21(20)26-23(19)22-11-5-7-15-25-22/h1-3,5,7-9,11-13,15-16,26H,4,6,10,14,24H2. The molecule has 0 saturated heterocycles. The van der Waals surface area contributed by atoms with Gasteiger partial charge in [0.2, 0.25) is 0 Å². The van der Waals surface area contributed by atoms with Crippen molar-refractivity contribution in [2.75, 3.05) is 6.54 Å². The molecule has 0 atom stereocenters. The van der Waals surface area contributed by atoms with Crippen LogP contribution in [-0.4, -0.2) is 16.5 Å². The van der Waals surface area contributed by atoms with Gasteiger partial charge in [-0.25, -0.2) is 0 Å². The summed E-state index contributed by atoms with van der Waals surface area (Å²) in [6.45, 7) is 0.712. The molecule has 4 heteroatoms. The summed E-state index contributed by atoms with van der Waals surface area (Å²) in [6, 6.07) is 22.0. The van der Waals surface area contributed by atoms with Crippen LogP contribution in [0.25, 0.3) is 22.3 Å². The van der Waals surface area contributed by atoms with Crippen LogP contribution in [0.5, 0.6) is 11.5 Å². The van der Waals surface area contributed by atoms with Crippen molar-refractivity contribution in [3.05, 3.63) is 78.5 Å². The van der Waals surface area contributed by atoms with E-state index in [-0.39, 0.29) is 0 Å². The van der Waals surface area contributed by atoms with Crippen LogP contribution in [0, 0.1) is 0 Å². The van der Waals surface area contributed by atoms with Crippen LogP contribution in [0.1, 0.15) is 18.4 Å². The number of fused-ring (bicyclic) bond motifs is 1. The van der Waals surface area contributed by atoms with Crippen LogP contribution in [0.4, 0.5) is 0 Å². The predicted octanol–water partition coefficient (Wildman–Crippen LogP) is 5.30. The zero-order chi connectivity index (χ0) is 18.5. The molecule has 0 aliphatic heterocycles. The van der Waals surface area contributed by atoms with Crippen LogP contribution < -0.4 is 10.5 Å². The first kappa shape index (κ1) is 17.3. The van der Waals surface area contributed by atoms with Crippen molar-refractivity contribution in [1.82, 2.24) is 9.97 Å². The first-order valence-corrected chi connectivity index (χ1v) is 9.34. The van der Waals surface area contributed by atoms with Gasteiger partial charge in [0, 0.05) is 17.1 Å². The fraction of sp³-hybridized carbons (Fsp3) is 0.174. The molecule has 2 aromatic heterocycles. The second-order valence-corrected chi connectivity index (χ2v) is 6.56. The highest BCUT2D eigenvalue weighted by molar-refractivity contribution is 5.91. The highest BCUT2D eigenvalue weighted by Crippen LogP contribution is 2.34. The van der Waals surface area contributed by atoms with Gasteiger partial charge in [0.15, 0.2) is 0 Å². The van der Waals surface area contributed by atoms with Gasteiger partial charge in [-0.2, -0.15) is 0 Å². The molecule has 4 nitrogen and oxygen atoms in total. The molecule has 3 N–H and O–H groups in total. The van der Waals surface area contributed by atoms with Gasteiger partial charge < -0.3 is 15.5 Å². The number of hydrogen-bond acceptors (Lipinski definition) is 3. The van der Waals surface area contributed by atoms with Gasteiger partial charge in [0.05, 0.1) is 11.4 Å². The van der Waals surface area contributed by atoms with Gasteiger partial charge in [-0.1, -0.05) is 24.3 Å². The number of nitrogens with zero attached hydrogens (tertiary/aromatic N) is 1. The van der Waals surface area contributed by atoms with Crippen LogP contribution in [-0.2, 0) is 6.42 Å². The normalized spacial score (nSPS) is 11.0. The van der Waals surface area contributed by atoms with Gasteiger partial charge >= 0.3 is 0 Å². The number of pyridine rings is 1. The molecule has 0 fully saturated rings. The van der Waals surface area contributed by atoms with Gasteiger partial charge in [0.1, 0.15) is 11.5 Å². The number of benzene rings is 2. The summed E-state index contributed by atoms with van der Waals surface area (Å²) >= 11 is 0. The van der Waals surface area contributed by atoms with Crippen molar-refractivity contribution in [2.45, 2.75) is 19.3 Å². The van der Waals surface area contributed by atoms with Crippen molar-refractivity contribution >= 4 is 10.9 Å². The Labute approximate surface area is 159 Å². The number of aromatic nitrogens is 2. The molecule has 0 radical (unpaired) electrons. The number of nitrogens with two attached hydrogens (primary N) is 1. The molecule has 0 aliphatic carbocycles. The number of hydrogen-bond donors (Lipinski definition) is 2. The Bertz CT molecular complexity index is 1010. The quantitative estimate of drug-likeness (QED) is 0.441. The summed E-state index contributed by atoms with van der Waals surface area (Å²) < 4.78 is 6.03. The molecule has 0 amide bonds. The van der Waals surface area contributed by atoms with E-state index in [1.165, 1.54) is 10.9 Å². The average Bonchev–Trinajstić information content (AvgIpc) is 3.08. The second kappa shape index (κ2) is 8.06. The first-order valence-electron chi connectivity index (χ1n) is 9.34. The maximum atomic E-state index is 6.03. The topological polar surface area (TPSA) is 63.9 Å². The molecule has 0 saturated carbocycles. The van der Waals surface area contributed by atoms with E-state index in [0.717, 1.165) is 47.7 Å². The lowest BCUT2D eigenvalue weighted by Gasteiger charge is -2.07. The lowest BCUT2D eigenvalue weighted by atomic mass is 10.0. The predicted molar refractivity (Wildman–Crippen MR) is 110 cm³/mol. The minimum atomic E-state index is 0.712. The second-order valence-electron chi connectivity index (χ2n) is 6.56. The molecule has 0 bridgehead atoms. The summed E-state index contributed by atoms with van der Waals surface area (Å²) in [5, 5.41) is 1.18. The van der Waals surface area contributed by atoms with Crippen molar-refractivity contribution in [1.29, 1.82) is 0 Å². The van der Waals surface area contributed by atoms with E-state index in [1.807, 2.05) is 60.8 Å². The summed E-state index contributed by atoms with van der Waals surface area (Å²) in [5.41, 5.74) is 10.1. The van der Waals surface area contributed by atoms with Gasteiger partial charge in [-0.05, 0) is 73.8 Å². The minimum absolute atomic E-state index is 0.712. The van der Waals surface area contributed by atoms with Crippen molar-refractivity contribution < 1.29 is 4.74 Å². The third-order valence-corrected chi connectivity index (χ3v) is 4.66. The number of unbranched alkanes of at least 4 members (excludes halogenated alkanes) is 1. The molecule has 4 rings (SSSR count). The van der Waals surface area contributed by atoms with Crippen LogP contribution in [0.15, 0.2) is 72.9 Å². The zero-order valence-electron chi connectivity index (χ0n) is 15.2. The molecule has 136 valence electrons. The SMILES string of the molecule is NCCCCc1c(-c2ccccn2)[nH]c2ccc(Oc3ccccc3)cc12. The van der Waals surface area contributed by atoms with Gasteiger partial charge in [0.25, 0.3) is 0 Å². The van der Waals surface area contributed by atoms with Crippen molar-refractivity contribution in [3.8, 4) is 22.9 Å². The Morgan fingerprint density at radius 2 is 1.74 bits per heavy atom. The third-order valence-electron chi connectivity index (χ3n) is 4.66. The third kappa shape index (κ3) is 3.86. The van der Waals surface area contributed by atoms with Crippen molar-refractivity contribution in [2.24, 2.45) is 5.73 Å². The average molecular weight is 357 g/mol.